The molecule has 0 aliphatic heterocycles. The van der Waals surface area contributed by atoms with Crippen molar-refractivity contribution < 1.29 is 18.0 Å². The lowest BCUT2D eigenvalue weighted by molar-refractivity contribution is -0.137. The molecule has 1 aliphatic carbocycles. The monoisotopic (exact) mass is 282 g/mol. The van der Waals surface area contributed by atoms with E-state index in [2.05, 4.69) is 0 Å². The van der Waals surface area contributed by atoms with Gasteiger partial charge in [0, 0.05) is 5.56 Å². The molecule has 0 aromatic heterocycles. The van der Waals surface area contributed by atoms with Crippen molar-refractivity contribution in [3.05, 3.63) is 46.5 Å². The Bertz CT molecular complexity index is 524. The van der Waals surface area contributed by atoms with Gasteiger partial charge in [-0.1, -0.05) is 24.6 Å². The van der Waals surface area contributed by atoms with Gasteiger partial charge in [-0.3, -0.25) is 4.79 Å². The van der Waals surface area contributed by atoms with Gasteiger partial charge in [0.15, 0.2) is 5.78 Å². The number of ketones is 1. The molecule has 0 spiro atoms. The number of rotatable bonds is 3. The fourth-order valence-corrected chi connectivity index (χ4v) is 2.62. The third kappa shape index (κ3) is 3.11. The highest BCUT2D eigenvalue weighted by molar-refractivity contribution is 6.09. The normalized spacial score (nSPS) is 16.4. The average molecular weight is 282 g/mol. The maximum Gasteiger partial charge on any atom is 0.416 e. The molecule has 1 aromatic rings. The Morgan fingerprint density at radius 3 is 2.25 bits per heavy atom. The van der Waals surface area contributed by atoms with Gasteiger partial charge in [-0.2, -0.15) is 13.2 Å². The van der Waals surface area contributed by atoms with Crippen LogP contribution < -0.4 is 0 Å². The summed E-state index contributed by atoms with van der Waals surface area (Å²) in [5.41, 5.74) is 1.59. The van der Waals surface area contributed by atoms with Crippen LogP contribution in [0.1, 0.15) is 54.9 Å². The highest BCUT2D eigenvalue weighted by atomic mass is 19.4. The van der Waals surface area contributed by atoms with Gasteiger partial charge in [0.1, 0.15) is 0 Å². The number of carbonyl (C=O) groups is 1. The Morgan fingerprint density at radius 2 is 1.70 bits per heavy atom. The Kier molecular flexibility index (Phi) is 4.31. The summed E-state index contributed by atoms with van der Waals surface area (Å²) in [7, 11) is 0. The molecule has 0 atom stereocenters. The summed E-state index contributed by atoms with van der Waals surface area (Å²) in [6, 6.07) is 4.50. The van der Waals surface area contributed by atoms with Gasteiger partial charge in [0.25, 0.3) is 0 Å². The van der Waals surface area contributed by atoms with Crippen molar-refractivity contribution >= 4 is 5.78 Å². The molecule has 0 amide bonds. The van der Waals surface area contributed by atoms with Crippen LogP contribution >= 0.6 is 0 Å². The minimum Gasteiger partial charge on any atom is -0.289 e. The highest BCUT2D eigenvalue weighted by Gasteiger charge is 2.30. The van der Waals surface area contributed by atoms with Gasteiger partial charge < -0.3 is 0 Å². The SMILES string of the molecule is CCC1=C(C(=O)c2ccc(C(F)(F)F)cc2)CCCC1. The van der Waals surface area contributed by atoms with Crippen molar-refractivity contribution in [2.45, 2.75) is 45.2 Å². The molecule has 0 heterocycles. The first kappa shape index (κ1) is 14.8. The third-order valence-electron chi connectivity index (χ3n) is 3.76. The molecule has 0 radical (unpaired) electrons. The summed E-state index contributed by atoms with van der Waals surface area (Å²) >= 11 is 0. The van der Waals surface area contributed by atoms with Crippen molar-refractivity contribution in [2.75, 3.05) is 0 Å². The summed E-state index contributed by atoms with van der Waals surface area (Å²) in [6.07, 6.45) is 0.210. The standard InChI is InChI=1S/C16H17F3O/c1-2-11-5-3-4-6-14(11)15(20)12-7-9-13(10-8-12)16(17,18)19/h7-10H,2-6H2,1H3. The van der Waals surface area contributed by atoms with E-state index >= 15 is 0 Å². The fraction of sp³-hybridized carbons (Fsp3) is 0.438. The van der Waals surface area contributed by atoms with Crippen LogP contribution in [0.4, 0.5) is 13.2 Å². The lowest BCUT2D eigenvalue weighted by Crippen LogP contribution is -2.11. The summed E-state index contributed by atoms with van der Waals surface area (Å²) in [5, 5.41) is 0. The number of carbonyl (C=O) groups excluding carboxylic acids is 1. The van der Waals surface area contributed by atoms with Gasteiger partial charge in [-0.05, 0) is 49.8 Å². The molecule has 1 nitrogen and oxygen atoms in total. The molecule has 0 fully saturated rings. The lowest BCUT2D eigenvalue weighted by Gasteiger charge is -2.18. The number of allylic oxidation sites excluding steroid dienone is 2. The summed E-state index contributed by atoms with van der Waals surface area (Å²) in [6.45, 7) is 2.01. The second-order valence-corrected chi connectivity index (χ2v) is 5.05. The smallest absolute Gasteiger partial charge is 0.289 e. The number of alkyl halides is 3. The summed E-state index contributed by atoms with van der Waals surface area (Å²) in [5.74, 6) is -0.115. The van der Waals surface area contributed by atoms with E-state index in [1.165, 1.54) is 12.1 Å². The maximum absolute atomic E-state index is 12.5. The summed E-state index contributed by atoms with van der Waals surface area (Å²) in [4.78, 5) is 12.4. The Hall–Kier alpha value is -1.58. The van der Waals surface area contributed by atoms with Crippen LogP contribution in [0.3, 0.4) is 0 Å². The molecule has 0 bridgehead atoms. The number of benzene rings is 1. The van der Waals surface area contributed by atoms with Crippen molar-refractivity contribution in [1.82, 2.24) is 0 Å². The van der Waals surface area contributed by atoms with E-state index in [-0.39, 0.29) is 5.78 Å². The molecule has 0 saturated carbocycles. The van der Waals surface area contributed by atoms with Gasteiger partial charge in [0.2, 0.25) is 0 Å². The Morgan fingerprint density at radius 1 is 1.10 bits per heavy atom. The van der Waals surface area contributed by atoms with Crippen LogP contribution in [-0.4, -0.2) is 5.78 Å². The zero-order valence-corrected chi connectivity index (χ0v) is 11.4. The van der Waals surface area contributed by atoms with Crippen molar-refractivity contribution in [1.29, 1.82) is 0 Å². The minimum atomic E-state index is -4.36. The molecule has 2 rings (SSSR count). The Labute approximate surface area is 116 Å². The predicted octanol–water partition coefficient (Wildman–Crippen LogP) is 5.17. The number of halogens is 3. The quantitative estimate of drug-likeness (QED) is 0.699. The van der Waals surface area contributed by atoms with Crippen molar-refractivity contribution in [3.63, 3.8) is 0 Å². The second kappa shape index (κ2) is 5.81. The molecular formula is C16H17F3O. The van der Waals surface area contributed by atoms with Crippen molar-refractivity contribution in [2.24, 2.45) is 0 Å². The molecule has 1 aliphatic rings. The van der Waals surface area contributed by atoms with Crippen LogP contribution in [-0.2, 0) is 6.18 Å². The van der Waals surface area contributed by atoms with Gasteiger partial charge in [0.05, 0.1) is 5.56 Å². The molecule has 0 saturated heterocycles. The van der Waals surface area contributed by atoms with Crippen LogP contribution in [0.2, 0.25) is 0 Å². The van der Waals surface area contributed by atoms with E-state index in [9.17, 15) is 18.0 Å². The average Bonchev–Trinajstić information content (AvgIpc) is 2.45. The van der Waals surface area contributed by atoms with E-state index < -0.39 is 11.7 Å². The van der Waals surface area contributed by atoms with Gasteiger partial charge >= 0.3 is 6.18 Å². The first-order valence-corrected chi connectivity index (χ1v) is 6.86. The largest absolute Gasteiger partial charge is 0.416 e. The van der Waals surface area contributed by atoms with Crippen LogP contribution in [0.5, 0.6) is 0 Å². The lowest BCUT2D eigenvalue weighted by atomic mass is 9.86. The van der Waals surface area contributed by atoms with Crippen LogP contribution in [0.15, 0.2) is 35.4 Å². The first-order chi connectivity index (χ1) is 9.43. The Balaban J connectivity index is 2.27. The summed E-state index contributed by atoms with van der Waals surface area (Å²) < 4.78 is 37.5. The van der Waals surface area contributed by atoms with Crippen LogP contribution in [0.25, 0.3) is 0 Å². The number of hydrogen-bond donors (Lipinski definition) is 0. The third-order valence-corrected chi connectivity index (χ3v) is 3.76. The van der Waals surface area contributed by atoms with E-state index in [0.29, 0.717) is 5.56 Å². The molecule has 108 valence electrons. The van der Waals surface area contributed by atoms with Crippen LogP contribution in [0, 0.1) is 0 Å². The molecule has 0 unspecified atom stereocenters. The van der Waals surface area contributed by atoms with E-state index in [1.54, 1.807) is 0 Å². The minimum absolute atomic E-state index is 0.115. The highest BCUT2D eigenvalue weighted by Crippen LogP contribution is 2.31. The van der Waals surface area contributed by atoms with Gasteiger partial charge in [-0.25, -0.2) is 0 Å². The fourth-order valence-electron chi connectivity index (χ4n) is 2.62. The molecular weight excluding hydrogens is 265 g/mol. The van der Waals surface area contributed by atoms with E-state index in [0.717, 1.165) is 55.4 Å². The van der Waals surface area contributed by atoms with Gasteiger partial charge in [-0.15, -0.1) is 0 Å². The number of Topliss-reactive ketones (excluding diaryl/α,β-unsaturated/α-hetero) is 1. The molecule has 0 N–H and O–H groups in total. The maximum atomic E-state index is 12.5. The predicted molar refractivity (Wildman–Crippen MR) is 71.6 cm³/mol. The molecule has 4 heteroatoms. The van der Waals surface area contributed by atoms with E-state index in [4.69, 9.17) is 0 Å². The molecule has 1 aromatic carbocycles. The number of hydrogen-bond acceptors (Lipinski definition) is 1. The van der Waals surface area contributed by atoms with Crippen molar-refractivity contribution in [3.8, 4) is 0 Å². The van der Waals surface area contributed by atoms with E-state index in [1.807, 2.05) is 6.92 Å². The second-order valence-electron chi connectivity index (χ2n) is 5.05. The zero-order chi connectivity index (χ0) is 14.8. The zero-order valence-electron chi connectivity index (χ0n) is 11.4. The first-order valence-electron chi connectivity index (χ1n) is 6.86. The molecule has 20 heavy (non-hydrogen) atoms. The topological polar surface area (TPSA) is 17.1 Å².